The second-order valence-corrected chi connectivity index (χ2v) is 3.99. The molecule has 1 N–H and O–H groups in total. The fraction of sp³-hybridized carbons (Fsp3) is 0.300. The Morgan fingerprint density at radius 3 is 3.14 bits per heavy atom. The summed E-state index contributed by atoms with van der Waals surface area (Å²) in [5.41, 5.74) is 2.48. The Morgan fingerprint density at radius 1 is 1.57 bits per heavy atom. The van der Waals surface area contributed by atoms with Crippen molar-refractivity contribution in [3.05, 3.63) is 34.8 Å². The summed E-state index contributed by atoms with van der Waals surface area (Å²) in [6.45, 7) is 0.961. The van der Waals surface area contributed by atoms with Crippen molar-refractivity contribution in [2.75, 3.05) is 11.9 Å². The van der Waals surface area contributed by atoms with E-state index in [0.717, 1.165) is 13.0 Å². The van der Waals surface area contributed by atoms with Gasteiger partial charge in [0.2, 0.25) is 0 Å². The Labute approximate surface area is 87.4 Å². The predicted octanol–water partition coefficient (Wildman–Crippen LogP) is 2.14. The number of hydrogen-bond acceptors (Lipinski definition) is 3. The molecule has 0 fully saturated rings. The van der Waals surface area contributed by atoms with Gasteiger partial charge >= 0.3 is 0 Å². The SMILES string of the molecule is Cn1cc(CCNc2ccsc2)cn1. The fourth-order valence-corrected chi connectivity index (χ4v) is 1.93. The van der Waals surface area contributed by atoms with E-state index < -0.39 is 0 Å². The van der Waals surface area contributed by atoms with Crippen LogP contribution in [0.1, 0.15) is 5.56 Å². The monoisotopic (exact) mass is 207 g/mol. The summed E-state index contributed by atoms with van der Waals surface area (Å²) < 4.78 is 1.83. The number of aryl methyl sites for hydroxylation is 1. The van der Waals surface area contributed by atoms with Crippen molar-refractivity contribution in [1.29, 1.82) is 0 Å². The van der Waals surface area contributed by atoms with Gasteiger partial charge in [-0.05, 0) is 23.4 Å². The van der Waals surface area contributed by atoms with Crippen LogP contribution in [-0.4, -0.2) is 16.3 Å². The third-order valence-corrected chi connectivity index (χ3v) is 2.71. The first-order valence-electron chi connectivity index (χ1n) is 4.58. The predicted molar refractivity (Wildman–Crippen MR) is 59.7 cm³/mol. The number of thiophene rings is 1. The third kappa shape index (κ3) is 2.35. The maximum absolute atomic E-state index is 4.12. The molecule has 2 aromatic heterocycles. The third-order valence-electron chi connectivity index (χ3n) is 2.02. The number of nitrogens with zero attached hydrogens (tertiary/aromatic N) is 2. The maximum atomic E-state index is 4.12. The number of nitrogens with one attached hydrogen (secondary N) is 1. The number of anilines is 1. The van der Waals surface area contributed by atoms with Crippen molar-refractivity contribution in [2.24, 2.45) is 7.05 Å². The van der Waals surface area contributed by atoms with Gasteiger partial charge in [0.05, 0.1) is 6.20 Å². The minimum atomic E-state index is 0.961. The highest BCUT2D eigenvalue weighted by Gasteiger charge is 1.96. The summed E-state index contributed by atoms with van der Waals surface area (Å²) in [5.74, 6) is 0. The Hall–Kier alpha value is -1.29. The van der Waals surface area contributed by atoms with Gasteiger partial charge in [-0.1, -0.05) is 0 Å². The van der Waals surface area contributed by atoms with Crippen LogP contribution in [0, 0.1) is 0 Å². The van der Waals surface area contributed by atoms with E-state index in [2.05, 4.69) is 33.4 Å². The molecule has 0 aliphatic rings. The lowest BCUT2D eigenvalue weighted by Crippen LogP contribution is -2.03. The van der Waals surface area contributed by atoms with E-state index >= 15 is 0 Å². The van der Waals surface area contributed by atoms with Gasteiger partial charge in [-0.3, -0.25) is 4.68 Å². The Morgan fingerprint density at radius 2 is 2.50 bits per heavy atom. The largest absolute Gasteiger partial charge is 0.384 e. The summed E-state index contributed by atoms with van der Waals surface area (Å²) in [6, 6.07) is 2.09. The summed E-state index contributed by atoms with van der Waals surface area (Å²) in [4.78, 5) is 0. The van der Waals surface area contributed by atoms with Crippen LogP contribution in [0.25, 0.3) is 0 Å². The normalized spacial score (nSPS) is 10.4. The minimum Gasteiger partial charge on any atom is -0.384 e. The van der Waals surface area contributed by atoms with Crippen molar-refractivity contribution in [1.82, 2.24) is 9.78 Å². The van der Waals surface area contributed by atoms with Crippen LogP contribution in [0.15, 0.2) is 29.2 Å². The molecule has 0 aliphatic heterocycles. The van der Waals surface area contributed by atoms with Crippen molar-refractivity contribution >= 4 is 17.0 Å². The highest BCUT2D eigenvalue weighted by molar-refractivity contribution is 7.08. The second-order valence-electron chi connectivity index (χ2n) is 3.21. The average molecular weight is 207 g/mol. The summed E-state index contributed by atoms with van der Waals surface area (Å²) in [7, 11) is 1.94. The maximum Gasteiger partial charge on any atom is 0.0522 e. The molecule has 2 aromatic rings. The molecule has 0 atom stereocenters. The topological polar surface area (TPSA) is 29.9 Å². The van der Waals surface area contributed by atoms with Crippen LogP contribution in [0.5, 0.6) is 0 Å². The van der Waals surface area contributed by atoms with E-state index in [0.29, 0.717) is 0 Å². The minimum absolute atomic E-state index is 0.961. The van der Waals surface area contributed by atoms with Gasteiger partial charge in [0.25, 0.3) is 0 Å². The highest BCUT2D eigenvalue weighted by atomic mass is 32.1. The van der Waals surface area contributed by atoms with E-state index in [-0.39, 0.29) is 0 Å². The van der Waals surface area contributed by atoms with Crippen molar-refractivity contribution in [2.45, 2.75) is 6.42 Å². The van der Waals surface area contributed by atoms with Crippen molar-refractivity contribution in [3.63, 3.8) is 0 Å². The lowest BCUT2D eigenvalue weighted by molar-refractivity contribution is 0.767. The van der Waals surface area contributed by atoms with Gasteiger partial charge in [0.1, 0.15) is 0 Å². The molecule has 74 valence electrons. The molecule has 0 saturated heterocycles. The molecule has 0 unspecified atom stereocenters. The van der Waals surface area contributed by atoms with Gasteiger partial charge in [-0.2, -0.15) is 16.4 Å². The number of rotatable bonds is 4. The molecule has 0 bridgehead atoms. The number of hydrogen-bond donors (Lipinski definition) is 1. The zero-order chi connectivity index (χ0) is 9.80. The summed E-state index contributed by atoms with van der Waals surface area (Å²) in [5, 5.41) is 11.7. The second kappa shape index (κ2) is 4.28. The van der Waals surface area contributed by atoms with Gasteiger partial charge in [-0.15, -0.1) is 0 Å². The lowest BCUT2D eigenvalue weighted by Gasteiger charge is -2.00. The molecule has 4 heteroatoms. The van der Waals surface area contributed by atoms with Gasteiger partial charge in [-0.25, -0.2) is 0 Å². The lowest BCUT2D eigenvalue weighted by atomic mass is 10.2. The average Bonchev–Trinajstić information content (AvgIpc) is 2.77. The van der Waals surface area contributed by atoms with Crippen LogP contribution in [-0.2, 0) is 13.5 Å². The zero-order valence-electron chi connectivity index (χ0n) is 8.10. The van der Waals surface area contributed by atoms with Crippen LogP contribution >= 0.6 is 11.3 Å². The Balaban J connectivity index is 1.78. The quantitative estimate of drug-likeness (QED) is 0.832. The summed E-state index contributed by atoms with van der Waals surface area (Å²) in [6.07, 6.45) is 4.98. The molecule has 2 rings (SSSR count). The van der Waals surface area contributed by atoms with Crippen LogP contribution in [0.3, 0.4) is 0 Å². The fourth-order valence-electron chi connectivity index (χ4n) is 1.32. The van der Waals surface area contributed by atoms with Crippen LogP contribution < -0.4 is 5.32 Å². The zero-order valence-corrected chi connectivity index (χ0v) is 8.92. The summed E-state index contributed by atoms with van der Waals surface area (Å²) >= 11 is 1.71. The van der Waals surface area contributed by atoms with Gasteiger partial charge in [0, 0.05) is 30.9 Å². The first-order chi connectivity index (χ1) is 6.84. The van der Waals surface area contributed by atoms with Crippen LogP contribution in [0.4, 0.5) is 5.69 Å². The van der Waals surface area contributed by atoms with Crippen molar-refractivity contribution < 1.29 is 0 Å². The highest BCUT2D eigenvalue weighted by Crippen LogP contribution is 2.11. The number of aromatic nitrogens is 2. The molecule has 3 nitrogen and oxygen atoms in total. The van der Waals surface area contributed by atoms with Crippen molar-refractivity contribution in [3.8, 4) is 0 Å². The molecule has 14 heavy (non-hydrogen) atoms. The van der Waals surface area contributed by atoms with E-state index in [1.807, 2.05) is 17.9 Å². The van der Waals surface area contributed by atoms with Gasteiger partial charge < -0.3 is 5.32 Å². The van der Waals surface area contributed by atoms with E-state index in [1.165, 1.54) is 11.3 Å². The van der Waals surface area contributed by atoms with E-state index in [4.69, 9.17) is 0 Å². The molecule has 0 aromatic carbocycles. The molecule has 0 saturated carbocycles. The molecular weight excluding hydrogens is 194 g/mol. The van der Waals surface area contributed by atoms with E-state index in [9.17, 15) is 0 Å². The molecular formula is C10H13N3S. The first-order valence-corrected chi connectivity index (χ1v) is 5.52. The van der Waals surface area contributed by atoms with E-state index in [1.54, 1.807) is 11.3 Å². The Kier molecular flexibility index (Phi) is 2.84. The standard InChI is InChI=1S/C10H13N3S/c1-13-7-9(6-12-13)2-4-11-10-3-5-14-8-10/h3,5-8,11H,2,4H2,1H3. The van der Waals surface area contributed by atoms with Crippen LogP contribution in [0.2, 0.25) is 0 Å². The molecule has 0 aliphatic carbocycles. The smallest absolute Gasteiger partial charge is 0.0522 e. The molecule has 2 heterocycles. The van der Waals surface area contributed by atoms with Gasteiger partial charge in [0.15, 0.2) is 0 Å². The Bertz CT molecular complexity index is 378. The molecule has 0 spiro atoms. The first kappa shape index (κ1) is 9.27. The molecule has 0 radical (unpaired) electrons. The molecule has 0 amide bonds.